The molecule has 112 valence electrons. The number of piperidine rings is 1. The number of anilines is 1. The van der Waals surface area contributed by atoms with E-state index in [0.29, 0.717) is 11.8 Å². The van der Waals surface area contributed by atoms with Gasteiger partial charge in [0.05, 0.1) is 11.8 Å². The van der Waals surface area contributed by atoms with Crippen molar-refractivity contribution in [1.82, 2.24) is 9.88 Å². The fourth-order valence-corrected chi connectivity index (χ4v) is 3.25. The molecule has 2 aliphatic rings. The van der Waals surface area contributed by atoms with Gasteiger partial charge >= 0.3 is 0 Å². The van der Waals surface area contributed by atoms with Gasteiger partial charge in [-0.3, -0.25) is 0 Å². The van der Waals surface area contributed by atoms with Gasteiger partial charge in [0, 0.05) is 30.2 Å². The zero-order valence-electron chi connectivity index (χ0n) is 11.5. The van der Waals surface area contributed by atoms with Gasteiger partial charge in [0.15, 0.2) is 0 Å². The van der Waals surface area contributed by atoms with Gasteiger partial charge in [-0.1, -0.05) is 0 Å². The number of guanidine groups is 1. The Hall–Kier alpha value is -1.83. The number of nitrogens with two attached hydrogens (primary N) is 1. The van der Waals surface area contributed by atoms with Crippen molar-refractivity contribution in [2.45, 2.75) is 12.8 Å². The lowest BCUT2D eigenvalue weighted by Crippen LogP contribution is -2.32. The summed E-state index contributed by atoms with van der Waals surface area (Å²) < 4.78 is 26.4. The molecule has 1 saturated carbocycles. The SMILES string of the molecule is C=N/C(=N\C=C(/C)c1nc(N)cs1)N1CC2C(C1)C2(F)F. The summed E-state index contributed by atoms with van der Waals surface area (Å²) in [7, 11) is 0. The molecular formula is C13H15F2N5S. The highest BCUT2D eigenvalue weighted by Crippen LogP contribution is 2.59. The molecule has 0 spiro atoms. The number of allylic oxidation sites excluding steroid dienone is 1. The van der Waals surface area contributed by atoms with E-state index < -0.39 is 17.8 Å². The number of hydrogen-bond donors (Lipinski definition) is 1. The van der Waals surface area contributed by atoms with Gasteiger partial charge in [0.1, 0.15) is 10.8 Å². The Morgan fingerprint density at radius 1 is 1.57 bits per heavy atom. The van der Waals surface area contributed by atoms with E-state index in [-0.39, 0.29) is 13.1 Å². The van der Waals surface area contributed by atoms with Crippen LogP contribution in [-0.4, -0.2) is 41.6 Å². The number of nitrogens with zero attached hydrogens (tertiary/aromatic N) is 4. The Morgan fingerprint density at radius 2 is 2.24 bits per heavy atom. The number of halogens is 2. The van der Waals surface area contributed by atoms with Gasteiger partial charge in [0.25, 0.3) is 5.92 Å². The van der Waals surface area contributed by atoms with Crippen molar-refractivity contribution >= 4 is 35.4 Å². The summed E-state index contributed by atoms with van der Waals surface area (Å²) in [6.45, 7) is 5.89. The van der Waals surface area contributed by atoms with Crippen molar-refractivity contribution in [3.63, 3.8) is 0 Å². The van der Waals surface area contributed by atoms with E-state index in [0.717, 1.165) is 10.6 Å². The predicted octanol–water partition coefficient (Wildman–Crippen LogP) is 2.34. The lowest BCUT2D eigenvalue weighted by molar-refractivity contribution is 0.0643. The maximum atomic E-state index is 13.2. The van der Waals surface area contributed by atoms with Crippen LogP contribution in [0.15, 0.2) is 21.6 Å². The zero-order chi connectivity index (χ0) is 15.2. The summed E-state index contributed by atoms with van der Waals surface area (Å²) in [4.78, 5) is 14.0. The minimum absolute atomic E-state index is 0.284. The van der Waals surface area contributed by atoms with Crippen LogP contribution >= 0.6 is 11.3 Å². The molecule has 2 fully saturated rings. The quantitative estimate of drug-likeness (QED) is 0.673. The van der Waals surface area contributed by atoms with E-state index in [1.807, 2.05) is 6.92 Å². The monoisotopic (exact) mass is 311 g/mol. The van der Waals surface area contributed by atoms with Crippen LogP contribution in [0.5, 0.6) is 0 Å². The molecule has 2 heterocycles. The first-order chi connectivity index (χ1) is 9.93. The maximum absolute atomic E-state index is 13.2. The molecule has 3 rings (SSSR count). The molecule has 1 saturated heterocycles. The molecule has 0 bridgehead atoms. The summed E-state index contributed by atoms with van der Waals surface area (Å²) in [5, 5.41) is 2.52. The molecule has 8 heteroatoms. The van der Waals surface area contributed by atoms with Crippen LogP contribution in [0.3, 0.4) is 0 Å². The number of nitrogen functional groups attached to an aromatic ring is 1. The Kier molecular flexibility index (Phi) is 3.27. The summed E-state index contributed by atoms with van der Waals surface area (Å²) >= 11 is 1.42. The highest BCUT2D eigenvalue weighted by atomic mass is 32.1. The molecule has 2 N–H and O–H groups in total. The number of aromatic nitrogens is 1. The highest BCUT2D eigenvalue weighted by molar-refractivity contribution is 7.11. The van der Waals surface area contributed by atoms with Crippen molar-refractivity contribution in [3.8, 4) is 0 Å². The number of likely N-dealkylation sites (tertiary alicyclic amines) is 1. The maximum Gasteiger partial charge on any atom is 0.258 e. The molecular weight excluding hydrogens is 296 g/mol. The lowest BCUT2D eigenvalue weighted by atomic mass is 10.3. The third kappa shape index (κ3) is 2.44. The normalized spacial score (nSPS) is 27.7. The Labute approximate surface area is 124 Å². The van der Waals surface area contributed by atoms with Crippen LogP contribution < -0.4 is 5.73 Å². The minimum Gasteiger partial charge on any atom is -0.383 e. The number of fused-ring (bicyclic) bond motifs is 1. The molecule has 1 aliphatic carbocycles. The average molecular weight is 311 g/mol. The standard InChI is InChI=1S/C13H15F2N5S/c1-7(11-19-10(16)6-21-11)3-18-12(17-2)20-4-8-9(5-20)13(8,14)15/h3,6,8-9H,2,4-5,16H2,1H3/b7-3+,18-12+. The Balaban J connectivity index is 1.71. The van der Waals surface area contributed by atoms with Crippen LogP contribution in [0.25, 0.3) is 5.57 Å². The van der Waals surface area contributed by atoms with E-state index in [1.54, 1.807) is 16.5 Å². The van der Waals surface area contributed by atoms with Crippen LogP contribution in [-0.2, 0) is 0 Å². The smallest absolute Gasteiger partial charge is 0.258 e. The summed E-state index contributed by atoms with van der Waals surface area (Å²) in [6.07, 6.45) is 1.62. The average Bonchev–Trinajstić information content (AvgIpc) is 2.90. The molecule has 5 nitrogen and oxygen atoms in total. The number of alkyl halides is 2. The van der Waals surface area contributed by atoms with Crippen LogP contribution in [0.4, 0.5) is 14.6 Å². The second-order valence-corrected chi connectivity index (χ2v) is 6.13. The van der Waals surface area contributed by atoms with Gasteiger partial charge in [-0.25, -0.2) is 23.7 Å². The summed E-state index contributed by atoms with van der Waals surface area (Å²) in [5.74, 6) is -2.79. The van der Waals surface area contributed by atoms with Crippen molar-refractivity contribution in [3.05, 3.63) is 16.6 Å². The second kappa shape index (κ2) is 4.87. The van der Waals surface area contributed by atoms with E-state index in [9.17, 15) is 8.78 Å². The molecule has 0 radical (unpaired) electrons. The molecule has 1 aromatic heterocycles. The third-order valence-corrected chi connectivity index (χ3v) is 4.85. The number of hydrogen-bond acceptors (Lipinski definition) is 4. The van der Waals surface area contributed by atoms with Crippen LogP contribution in [0.1, 0.15) is 11.9 Å². The van der Waals surface area contributed by atoms with Gasteiger partial charge < -0.3 is 10.6 Å². The van der Waals surface area contributed by atoms with Crippen LogP contribution in [0, 0.1) is 11.8 Å². The van der Waals surface area contributed by atoms with Crippen molar-refractivity contribution < 1.29 is 8.78 Å². The fraction of sp³-hybridized carbons (Fsp3) is 0.462. The molecule has 1 aromatic rings. The van der Waals surface area contributed by atoms with Gasteiger partial charge in [-0.2, -0.15) is 0 Å². The zero-order valence-corrected chi connectivity index (χ0v) is 12.3. The molecule has 2 unspecified atom stereocenters. The number of aliphatic imine (C=N–C) groups is 2. The van der Waals surface area contributed by atoms with E-state index in [4.69, 9.17) is 5.73 Å². The first-order valence-corrected chi connectivity index (χ1v) is 7.37. The van der Waals surface area contributed by atoms with E-state index >= 15 is 0 Å². The number of thiazole rings is 1. The molecule has 2 atom stereocenters. The lowest BCUT2D eigenvalue weighted by Gasteiger charge is -2.19. The first kappa shape index (κ1) is 14.1. The summed E-state index contributed by atoms with van der Waals surface area (Å²) in [6, 6.07) is 0. The van der Waals surface area contributed by atoms with Gasteiger partial charge in [-0.15, -0.1) is 11.3 Å². The fourth-order valence-electron chi connectivity index (χ4n) is 2.57. The second-order valence-electron chi connectivity index (χ2n) is 5.27. The van der Waals surface area contributed by atoms with Crippen molar-refractivity contribution in [2.24, 2.45) is 21.8 Å². The Bertz CT molecular complexity index is 622. The molecule has 21 heavy (non-hydrogen) atoms. The van der Waals surface area contributed by atoms with E-state index in [2.05, 4.69) is 21.7 Å². The minimum atomic E-state index is -2.51. The highest BCUT2D eigenvalue weighted by Gasteiger charge is 2.72. The Morgan fingerprint density at radius 3 is 2.76 bits per heavy atom. The first-order valence-electron chi connectivity index (χ1n) is 6.49. The van der Waals surface area contributed by atoms with Crippen molar-refractivity contribution in [2.75, 3.05) is 18.8 Å². The van der Waals surface area contributed by atoms with Gasteiger partial charge in [-0.05, 0) is 13.6 Å². The van der Waals surface area contributed by atoms with Gasteiger partial charge in [0.2, 0.25) is 5.96 Å². The van der Waals surface area contributed by atoms with Crippen molar-refractivity contribution in [1.29, 1.82) is 0 Å². The molecule has 1 aliphatic heterocycles. The summed E-state index contributed by atoms with van der Waals surface area (Å²) in [5.41, 5.74) is 6.41. The molecule has 0 aromatic carbocycles. The third-order valence-electron chi connectivity index (χ3n) is 3.86. The van der Waals surface area contributed by atoms with Crippen LogP contribution in [0.2, 0.25) is 0 Å². The number of rotatable bonds is 2. The predicted molar refractivity (Wildman–Crippen MR) is 80.7 cm³/mol. The van der Waals surface area contributed by atoms with E-state index in [1.165, 1.54) is 11.3 Å². The molecule has 0 amide bonds. The largest absolute Gasteiger partial charge is 0.383 e. The topological polar surface area (TPSA) is 66.9 Å².